The first kappa shape index (κ1) is 15.3. The van der Waals surface area contributed by atoms with Crippen LogP contribution in [0.2, 0.25) is 0 Å². The van der Waals surface area contributed by atoms with Crippen molar-refractivity contribution < 1.29 is 9.69 Å². The van der Waals surface area contributed by atoms with Crippen LogP contribution in [0.4, 0.5) is 0 Å². The average Bonchev–Trinajstić information content (AvgIpc) is 2.79. The minimum atomic E-state index is 0.294. The molecule has 3 aliphatic rings. The van der Waals surface area contributed by atoms with E-state index >= 15 is 0 Å². The summed E-state index contributed by atoms with van der Waals surface area (Å²) in [5, 5.41) is 3.39. The van der Waals surface area contributed by atoms with E-state index in [2.05, 4.69) is 26.1 Å². The van der Waals surface area contributed by atoms with Crippen molar-refractivity contribution in [2.24, 2.45) is 16.7 Å². The van der Waals surface area contributed by atoms with Crippen LogP contribution in [0.1, 0.15) is 65.7 Å². The van der Waals surface area contributed by atoms with Crippen molar-refractivity contribution in [2.75, 3.05) is 19.6 Å². The number of piperidine rings is 1. The van der Waals surface area contributed by atoms with E-state index < -0.39 is 0 Å². The molecule has 0 aromatic carbocycles. The largest absolute Gasteiger partial charge is 0.353 e. The fourth-order valence-electron chi connectivity index (χ4n) is 5.28. The highest BCUT2D eigenvalue weighted by atomic mass is 16.1. The zero-order chi connectivity index (χ0) is 15.1. The Morgan fingerprint density at radius 2 is 1.90 bits per heavy atom. The molecular weight excluding hydrogens is 260 g/mol. The molecule has 3 atom stereocenters. The van der Waals surface area contributed by atoms with Gasteiger partial charge in [0.15, 0.2) is 0 Å². The van der Waals surface area contributed by atoms with Crippen molar-refractivity contribution in [2.45, 2.75) is 71.8 Å². The normalized spacial score (nSPS) is 38.6. The molecule has 1 amide bonds. The molecule has 0 aromatic heterocycles. The Balaban J connectivity index is 1.49. The standard InChI is InChI=1S/C18H32N2O/c1-17(2)14-7-9-18(17,3)15(13-14)19-16(21)8-12-20-10-5-4-6-11-20/h14-15H,4-13H2,1-3H3,(H,19,21)/p+1/t14-,15-,18+/m0/s1. The summed E-state index contributed by atoms with van der Waals surface area (Å²) in [5.74, 6) is 1.10. The van der Waals surface area contributed by atoms with Gasteiger partial charge in [0.2, 0.25) is 5.91 Å². The number of nitrogens with one attached hydrogen (secondary N) is 2. The summed E-state index contributed by atoms with van der Waals surface area (Å²) in [7, 11) is 0. The number of hydrogen-bond acceptors (Lipinski definition) is 1. The molecule has 21 heavy (non-hydrogen) atoms. The van der Waals surface area contributed by atoms with E-state index in [0.29, 0.717) is 29.2 Å². The highest BCUT2D eigenvalue weighted by Crippen LogP contribution is 2.65. The molecule has 120 valence electrons. The Morgan fingerprint density at radius 3 is 2.48 bits per heavy atom. The third-order valence-corrected chi connectivity index (χ3v) is 7.40. The van der Waals surface area contributed by atoms with Crippen LogP contribution < -0.4 is 10.2 Å². The summed E-state index contributed by atoms with van der Waals surface area (Å²) in [6.07, 6.45) is 8.62. The predicted molar refractivity (Wildman–Crippen MR) is 85.2 cm³/mol. The molecule has 0 spiro atoms. The number of likely N-dealkylation sites (tertiary alicyclic amines) is 1. The smallest absolute Gasteiger partial charge is 0.225 e. The van der Waals surface area contributed by atoms with Gasteiger partial charge in [-0.1, -0.05) is 20.8 Å². The molecule has 2 aliphatic carbocycles. The topological polar surface area (TPSA) is 33.5 Å². The van der Waals surface area contributed by atoms with Crippen molar-refractivity contribution >= 4 is 5.91 Å². The first-order valence-electron chi connectivity index (χ1n) is 9.06. The van der Waals surface area contributed by atoms with Gasteiger partial charge in [-0.3, -0.25) is 4.79 Å². The molecule has 1 saturated heterocycles. The number of amides is 1. The first-order chi connectivity index (χ1) is 9.93. The van der Waals surface area contributed by atoms with Crippen molar-refractivity contribution in [1.29, 1.82) is 0 Å². The quantitative estimate of drug-likeness (QED) is 0.814. The molecule has 0 unspecified atom stereocenters. The molecule has 2 saturated carbocycles. The van der Waals surface area contributed by atoms with Crippen molar-refractivity contribution in [3.05, 3.63) is 0 Å². The second-order valence-electron chi connectivity index (χ2n) is 8.54. The first-order valence-corrected chi connectivity index (χ1v) is 9.06. The molecule has 2 bridgehead atoms. The summed E-state index contributed by atoms with van der Waals surface area (Å²) >= 11 is 0. The van der Waals surface area contributed by atoms with E-state index in [4.69, 9.17) is 0 Å². The Bertz CT molecular complexity index is 400. The van der Waals surface area contributed by atoms with Gasteiger partial charge in [0.25, 0.3) is 0 Å². The van der Waals surface area contributed by atoms with Crippen LogP contribution in [0.5, 0.6) is 0 Å². The van der Waals surface area contributed by atoms with Gasteiger partial charge in [0.05, 0.1) is 26.1 Å². The number of rotatable bonds is 4. The van der Waals surface area contributed by atoms with Gasteiger partial charge in [-0.2, -0.15) is 0 Å². The second kappa shape index (κ2) is 5.57. The fraction of sp³-hybridized carbons (Fsp3) is 0.944. The van der Waals surface area contributed by atoms with E-state index in [0.717, 1.165) is 12.5 Å². The van der Waals surface area contributed by atoms with Crippen LogP contribution in [0.15, 0.2) is 0 Å². The molecule has 0 radical (unpaired) electrons. The summed E-state index contributed by atoms with van der Waals surface area (Å²) in [6, 6.07) is 0.412. The van der Waals surface area contributed by atoms with Gasteiger partial charge in [-0.05, 0) is 55.3 Å². The van der Waals surface area contributed by atoms with Gasteiger partial charge in [0.1, 0.15) is 0 Å². The Hall–Kier alpha value is -0.570. The summed E-state index contributed by atoms with van der Waals surface area (Å²) in [5.41, 5.74) is 0.703. The van der Waals surface area contributed by atoms with Crippen molar-refractivity contribution in [3.63, 3.8) is 0 Å². The second-order valence-corrected chi connectivity index (χ2v) is 8.54. The Morgan fingerprint density at radius 1 is 1.19 bits per heavy atom. The van der Waals surface area contributed by atoms with Crippen LogP contribution in [0, 0.1) is 16.7 Å². The lowest BCUT2D eigenvalue weighted by molar-refractivity contribution is -0.904. The van der Waals surface area contributed by atoms with Crippen LogP contribution in [-0.4, -0.2) is 31.6 Å². The van der Waals surface area contributed by atoms with Gasteiger partial charge in [-0.15, -0.1) is 0 Å². The lowest BCUT2D eigenvalue weighted by Crippen LogP contribution is -3.12. The van der Waals surface area contributed by atoms with E-state index in [1.54, 1.807) is 4.90 Å². The summed E-state index contributed by atoms with van der Waals surface area (Å²) < 4.78 is 0. The molecule has 1 aliphatic heterocycles. The number of fused-ring (bicyclic) bond motifs is 2. The fourth-order valence-corrected chi connectivity index (χ4v) is 5.28. The van der Waals surface area contributed by atoms with Gasteiger partial charge < -0.3 is 10.2 Å². The van der Waals surface area contributed by atoms with Crippen LogP contribution in [-0.2, 0) is 4.79 Å². The Kier molecular flexibility index (Phi) is 4.06. The lowest BCUT2D eigenvalue weighted by Gasteiger charge is -2.39. The van der Waals surface area contributed by atoms with Crippen LogP contribution in [0.25, 0.3) is 0 Å². The SMILES string of the molecule is CC1(C)[C@H]2CC[C@]1(C)[C@@H](NC(=O)CC[NH+]1CCCCC1)C2. The molecular formula is C18H33N2O+. The zero-order valence-corrected chi connectivity index (χ0v) is 14.1. The van der Waals surface area contributed by atoms with Crippen molar-refractivity contribution in [1.82, 2.24) is 5.32 Å². The van der Waals surface area contributed by atoms with E-state index in [1.807, 2.05) is 0 Å². The maximum atomic E-state index is 12.3. The monoisotopic (exact) mass is 293 g/mol. The van der Waals surface area contributed by atoms with Gasteiger partial charge in [-0.25, -0.2) is 0 Å². The lowest BCUT2D eigenvalue weighted by atomic mass is 9.69. The summed E-state index contributed by atoms with van der Waals surface area (Å²) in [6.45, 7) is 10.8. The van der Waals surface area contributed by atoms with Gasteiger partial charge in [0, 0.05) is 6.04 Å². The average molecular weight is 293 g/mol. The third-order valence-electron chi connectivity index (χ3n) is 7.40. The Labute approximate surface area is 129 Å². The number of carbonyl (C=O) groups excluding carboxylic acids is 1. The minimum absolute atomic E-state index is 0.294. The van der Waals surface area contributed by atoms with Gasteiger partial charge >= 0.3 is 0 Å². The number of hydrogen-bond donors (Lipinski definition) is 2. The minimum Gasteiger partial charge on any atom is -0.353 e. The third kappa shape index (κ3) is 2.62. The molecule has 2 N–H and O–H groups in total. The number of carbonyl (C=O) groups is 1. The van der Waals surface area contributed by atoms with Crippen molar-refractivity contribution in [3.8, 4) is 0 Å². The molecule has 3 heteroatoms. The molecule has 0 aromatic rings. The highest BCUT2D eigenvalue weighted by molar-refractivity contribution is 5.76. The molecule has 3 nitrogen and oxygen atoms in total. The maximum Gasteiger partial charge on any atom is 0.225 e. The molecule has 3 rings (SSSR count). The molecule has 3 fully saturated rings. The van der Waals surface area contributed by atoms with E-state index in [1.165, 1.54) is 51.6 Å². The molecule has 1 heterocycles. The predicted octanol–water partition coefficient (Wildman–Crippen LogP) is 1.78. The highest BCUT2D eigenvalue weighted by Gasteiger charge is 2.61. The van der Waals surface area contributed by atoms with Crippen LogP contribution in [0.3, 0.4) is 0 Å². The summed E-state index contributed by atoms with van der Waals surface area (Å²) in [4.78, 5) is 14.0. The maximum absolute atomic E-state index is 12.3. The number of quaternary nitrogens is 1. The van der Waals surface area contributed by atoms with E-state index in [-0.39, 0.29) is 0 Å². The zero-order valence-electron chi connectivity index (χ0n) is 14.1. The van der Waals surface area contributed by atoms with Crippen LogP contribution >= 0.6 is 0 Å². The van der Waals surface area contributed by atoms with E-state index in [9.17, 15) is 4.79 Å².